The molecule has 1 unspecified atom stereocenters. The Morgan fingerprint density at radius 2 is 1.92 bits per heavy atom. The van der Waals surface area contributed by atoms with Gasteiger partial charge in [-0.3, -0.25) is 4.90 Å². The fourth-order valence-corrected chi connectivity index (χ4v) is 1.36. The molecule has 1 aliphatic rings. The largest absolute Gasteiger partial charge is 0.379 e. The number of methoxy groups -OCH3 is 1. The predicted octanol–water partition coefficient (Wildman–Crippen LogP) is 0.946. The number of morpholine rings is 1. The number of ether oxygens (including phenoxy) is 2. The van der Waals surface area contributed by atoms with E-state index in [2.05, 4.69) is 0 Å². The molecule has 0 N–H and O–H groups in total. The summed E-state index contributed by atoms with van der Waals surface area (Å²) in [5.74, 6) is 0. The lowest BCUT2D eigenvalue weighted by Gasteiger charge is -2.41. The molecule has 13 heavy (non-hydrogen) atoms. The van der Waals surface area contributed by atoms with E-state index in [1.807, 2.05) is 0 Å². The van der Waals surface area contributed by atoms with Crippen molar-refractivity contribution < 1.29 is 18.3 Å². The Labute approximate surface area is 76.6 Å². The van der Waals surface area contributed by atoms with Crippen molar-refractivity contribution in [3.63, 3.8) is 0 Å². The second-order valence-electron chi connectivity index (χ2n) is 3.16. The van der Waals surface area contributed by atoms with Crippen molar-refractivity contribution in [3.05, 3.63) is 0 Å². The third kappa shape index (κ3) is 2.15. The summed E-state index contributed by atoms with van der Waals surface area (Å²) in [5, 5.41) is 0. The smallest absolute Gasteiger partial charge is 0.280 e. The average Bonchev–Trinajstić information content (AvgIpc) is 2.17. The lowest BCUT2D eigenvalue weighted by Crippen LogP contribution is -2.57. The molecule has 0 aromatic carbocycles. The van der Waals surface area contributed by atoms with Gasteiger partial charge in [-0.2, -0.15) is 0 Å². The zero-order valence-electron chi connectivity index (χ0n) is 7.93. The number of rotatable bonds is 3. The number of halogens is 2. The first-order valence-corrected chi connectivity index (χ1v) is 4.27. The van der Waals surface area contributed by atoms with E-state index in [1.165, 1.54) is 14.0 Å². The maximum atomic E-state index is 12.7. The highest BCUT2D eigenvalue weighted by Gasteiger charge is 2.41. The highest BCUT2D eigenvalue weighted by molar-refractivity contribution is 4.80. The zero-order chi connectivity index (χ0) is 9.90. The van der Waals surface area contributed by atoms with Gasteiger partial charge in [-0.15, -0.1) is 0 Å². The van der Waals surface area contributed by atoms with Crippen LogP contribution in [0.25, 0.3) is 0 Å². The molecular weight excluding hydrogens is 180 g/mol. The Kier molecular flexibility index (Phi) is 3.58. The molecule has 1 aliphatic heterocycles. The minimum Gasteiger partial charge on any atom is -0.379 e. The lowest BCUT2D eigenvalue weighted by atomic mass is 10.2. The van der Waals surface area contributed by atoms with E-state index < -0.39 is 12.2 Å². The molecule has 0 amide bonds. The first-order valence-electron chi connectivity index (χ1n) is 4.27. The molecule has 5 heteroatoms. The Balaban J connectivity index is 2.62. The van der Waals surface area contributed by atoms with E-state index in [-0.39, 0.29) is 0 Å². The monoisotopic (exact) mass is 195 g/mol. The topological polar surface area (TPSA) is 21.7 Å². The Morgan fingerprint density at radius 1 is 1.38 bits per heavy atom. The predicted molar refractivity (Wildman–Crippen MR) is 43.8 cm³/mol. The molecule has 0 spiro atoms. The van der Waals surface area contributed by atoms with Gasteiger partial charge in [0.05, 0.1) is 13.2 Å². The molecule has 1 atom stereocenters. The third-order valence-corrected chi connectivity index (χ3v) is 2.46. The first kappa shape index (κ1) is 10.8. The Morgan fingerprint density at radius 3 is 2.31 bits per heavy atom. The maximum absolute atomic E-state index is 12.7. The maximum Gasteiger partial charge on any atom is 0.280 e. The molecule has 0 saturated carbocycles. The van der Waals surface area contributed by atoms with E-state index >= 15 is 0 Å². The van der Waals surface area contributed by atoms with Crippen LogP contribution >= 0.6 is 0 Å². The summed E-state index contributed by atoms with van der Waals surface area (Å²) in [6.45, 7) is 3.38. The molecule has 1 rings (SSSR count). The second-order valence-corrected chi connectivity index (χ2v) is 3.16. The van der Waals surface area contributed by atoms with Crippen LogP contribution < -0.4 is 0 Å². The van der Waals surface area contributed by atoms with E-state index in [1.54, 1.807) is 4.90 Å². The van der Waals surface area contributed by atoms with Crippen LogP contribution in [-0.4, -0.2) is 50.5 Å². The highest BCUT2D eigenvalue weighted by Crippen LogP contribution is 2.24. The number of hydrogen-bond donors (Lipinski definition) is 0. The van der Waals surface area contributed by atoms with Crippen molar-refractivity contribution >= 4 is 0 Å². The summed E-state index contributed by atoms with van der Waals surface area (Å²) in [4.78, 5) is 1.61. The highest BCUT2D eigenvalue weighted by atomic mass is 19.3. The van der Waals surface area contributed by atoms with Crippen LogP contribution in [0.15, 0.2) is 0 Å². The molecule has 78 valence electrons. The Hall–Kier alpha value is -0.260. The summed E-state index contributed by atoms with van der Waals surface area (Å²) in [7, 11) is 1.31. The molecule has 1 fully saturated rings. The molecule has 0 radical (unpaired) electrons. The third-order valence-electron chi connectivity index (χ3n) is 2.46. The molecule has 0 aromatic heterocycles. The van der Waals surface area contributed by atoms with Crippen LogP contribution in [0.3, 0.4) is 0 Å². The molecule has 0 bridgehead atoms. The minimum atomic E-state index is -2.50. The Bertz CT molecular complexity index is 162. The minimum absolute atomic E-state index is 0.492. The van der Waals surface area contributed by atoms with Crippen molar-refractivity contribution in [1.29, 1.82) is 0 Å². The van der Waals surface area contributed by atoms with E-state index in [0.717, 1.165) is 0 Å². The van der Waals surface area contributed by atoms with Gasteiger partial charge >= 0.3 is 0 Å². The summed E-state index contributed by atoms with van der Waals surface area (Å²) < 4.78 is 35.3. The first-order chi connectivity index (χ1) is 6.11. The van der Waals surface area contributed by atoms with Crippen LogP contribution in [-0.2, 0) is 9.47 Å². The molecule has 1 heterocycles. The molecule has 0 aliphatic carbocycles. The molecule has 3 nitrogen and oxygen atoms in total. The number of nitrogens with zero attached hydrogens (tertiary/aromatic N) is 1. The van der Waals surface area contributed by atoms with Crippen molar-refractivity contribution in [1.82, 2.24) is 4.90 Å². The standard InChI is InChI=1S/C8H15F2NO2/c1-8(12-2,7(9)10)11-3-5-13-6-4-11/h7H,3-6H2,1-2H3. The summed E-state index contributed by atoms with van der Waals surface area (Å²) in [5.41, 5.74) is -1.47. The van der Waals surface area contributed by atoms with Gasteiger partial charge in [-0.05, 0) is 6.92 Å². The van der Waals surface area contributed by atoms with Crippen LogP contribution in [0.2, 0.25) is 0 Å². The van der Waals surface area contributed by atoms with E-state index in [0.29, 0.717) is 26.3 Å². The molecule has 0 aromatic rings. The van der Waals surface area contributed by atoms with Gasteiger partial charge in [0.1, 0.15) is 0 Å². The zero-order valence-corrected chi connectivity index (χ0v) is 7.93. The summed E-state index contributed by atoms with van der Waals surface area (Å²) >= 11 is 0. The van der Waals surface area contributed by atoms with Crippen LogP contribution in [0.1, 0.15) is 6.92 Å². The fourth-order valence-electron chi connectivity index (χ4n) is 1.36. The SMILES string of the molecule is COC(C)(C(F)F)N1CCOCC1. The second kappa shape index (κ2) is 4.30. The van der Waals surface area contributed by atoms with Gasteiger partial charge in [0.25, 0.3) is 6.43 Å². The van der Waals surface area contributed by atoms with Gasteiger partial charge in [-0.1, -0.05) is 0 Å². The lowest BCUT2D eigenvalue weighted by molar-refractivity contribution is -0.216. The average molecular weight is 195 g/mol. The van der Waals surface area contributed by atoms with Crippen molar-refractivity contribution in [2.45, 2.75) is 19.1 Å². The van der Waals surface area contributed by atoms with Crippen molar-refractivity contribution in [2.24, 2.45) is 0 Å². The van der Waals surface area contributed by atoms with Gasteiger partial charge in [-0.25, -0.2) is 8.78 Å². The van der Waals surface area contributed by atoms with Crippen molar-refractivity contribution in [3.8, 4) is 0 Å². The van der Waals surface area contributed by atoms with Crippen LogP contribution in [0, 0.1) is 0 Å². The van der Waals surface area contributed by atoms with E-state index in [9.17, 15) is 8.78 Å². The van der Waals surface area contributed by atoms with Gasteiger partial charge in [0, 0.05) is 20.2 Å². The van der Waals surface area contributed by atoms with Crippen LogP contribution in [0.5, 0.6) is 0 Å². The molecule has 1 saturated heterocycles. The normalized spacial score (nSPS) is 24.7. The number of hydrogen-bond acceptors (Lipinski definition) is 3. The van der Waals surface area contributed by atoms with Crippen molar-refractivity contribution in [2.75, 3.05) is 33.4 Å². The number of alkyl halides is 2. The van der Waals surface area contributed by atoms with Gasteiger partial charge in [0.15, 0.2) is 5.72 Å². The fraction of sp³-hybridized carbons (Fsp3) is 1.00. The van der Waals surface area contributed by atoms with Gasteiger partial charge < -0.3 is 9.47 Å². The quantitative estimate of drug-likeness (QED) is 0.669. The van der Waals surface area contributed by atoms with Crippen LogP contribution in [0.4, 0.5) is 8.78 Å². The summed E-state index contributed by atoms with van der Waals surface area (Å²) in [6.07, 6.45) is -2.50. The van der Waals surface area contributed by atoms with Gasteiger partial charge in [0.2, 0.25) is 0 Å². The van der Waals surface area contributed by atoms with E-state index in [4.69, 9.17) is 9.47 Å². The molecular formula is C8H15F2NO2. The summed E-state index contributed by atoms with van der Waals surface area (Å²) in [6, 6.07) is 0.